The highest BCUT2D eigenvalue weighted by molar-refractivity contribution is 5.79. The maximum Gasteiger partial charge on any atom is 0.410 e. The zero-order valence-corrected chi connectivity index (χ0v) is 28.8. The molecule has 9 nitrogen and oxygen atoms in total. The van der Waals surface area contributed by atoms with E-state index in [4.69, 9.17) is 19.2 Å². The largest absolute Gasteiger partial charge is 0.481 e. The van der Waals surface area contributed by atoms with Crippen molar-refractivity contribution >= 4 is 18.0 Å². The number of ether oxygens (including phenoxy) is 3. The molecule has 1 aromatic heterocycles. The van der Waals surface area contributed by atoms with Gasteiger partial charge in [0.05, 0.1) is 31.5 Å². The minimum Gasteiger partial charge on any atom is -0.481 e. The van der Waals surface area contributed by atoms with Crippen LogP contribution in [0, 0.1) is 11.8 Å². The molecule has 9 heteroatoms. The van der Waals surface area contributed by atoms with E-state index in [1.807, 2.05) is 24.3 Å². The lowest BCUT2D eigenvalue weighted by Crippen LogP contribution is -2.63. The van der Waals surface area contributed by atoms with E-state index in [0.29, 0.717) is 11.8 Å². The second-order valence-electron chi connectivity index (χ2n) is 15.1. The highest BCUT2D eigenvalue weighted by Crippen LogP contribution is 2.39. The summed E-state index contributed by atoms with van der Waals surface area (Å²) in [4.78, 5) is 44.5. The molecular weight excluding hydrogens is 596 g/mol. The number of rotatable bonds is 13. The van der Waals surface area contributed by atoms with Crippen molar-refractivity contribution in [2.24, 2.45) is 11.8 Å². The number of aromatic nitrogens is 1. The first kappa shape index (κ1) is 34.9. The minimum absolute atomic E-state index is 0.129. The second-order valence-corrected chi connectivity index (χ2v) is 15.1. The summed E-state index contributed by atoms with van der Waals surface area (Å²) >= 11 is 0. The summed E-state index contributed by atoms with van der Waals surface area (Å²) in [6, 6.07) is 12.3. The standard InChI is InChI=1S/C38H52N2O7/c1-25(2)27-11-14-30(15-12-27)38(23-40(24-38)36(44)47-37(3,4)5)46-34(41)22-29(35(42)43)18-19-45-32-20-26(21-32)10-16-31-17-13-28-8-6-7-9-33(28)39-31/h11-15,17,25-26,29,32H,6-10,16,18-24H2,1-5H3,(H,42,43). The molecule has 2 aromatic rings. The van der Waals surface area contributed by atoms with Crippen molar-refractivity contribution < 1.29 is 33.7 Å². The summed E-state index contributed by atoms with van der Waals surface area (Å²) in [5.74, 6) is -1.64. The molecular formula is C38H52N2O7. The number of benzene rings is 1. The van der Waals surface area contributed by atoms with E-state index in [0.717, 1.165) is 49.7 Å². The third-order valence-corrected chi connectivity index (χ3v) is 9.78. The lowest BCUT2D eigenvalue weighted by atomic mass is 9.79. The zero-order valence-electron chi connectivity index (χ0n) is 28.8. The first-order valence-corrected chi connectivity index (χ1v) is 17.4. The van der Waals surface area contributed by atoms with Crippen LogP contribution in [0.4, 0.5) is 4.79 Å². The summed E-state index contributed by atoms with van der Waals surface area (Å²) in [6.45, 7) is 10.2. The normalized spacial score (nSPS) is 20.9. The average Bonchev–Trinajstić information content (AvgIpc) is 2.97. The van der Waals surface area contributed by atoms with Crippen LogP contribution < -0.4 is 0 Å². The maximum atomic E-state index is 13.2. The molecule has 5 rings (SSSR count). The molecule has 1 amide bonds. The number of likely N-dealkylation sites (tertiary alicyclic amines) is 1. The van der Waals surface area contributed by atoms with Crippen LogP contribution in [-0.4, -0.2) is 64.4 Å². The van der Waals surface area contributed by atoms with Gasteiger partial charge in [-0.05, 0) is 113 Å². The van der Waals surface area contributed by atoms with Crippen LogP contribution in [0.25, 0.3) is 0 Å². The van der Waals surface area contributed by atoms with E-state index >= 15 is 0 Å². The SMILES string of the molecule is CC(C)c1ccc(C2(OC(=O)CC(CCOC3CC(CCc4ccc5c(n4)CCCC5)C3)C(=O)O)CN(C(=O)OC(C)(C)C)C2)cc1. The molecule has 2 fully saturated rings. The number of pyridine rings is 1. The quantitative estimate of drug-likeness (QED) is 0.231. The Bertz CT molecular complexity index is 1400. The van der Waals surface area contributed by atoms with Gasteiger partial charge in [-0.25, -0.2) is 4.79 Å². The van der Waals surface area contributed by atoms with Gasteiger partial charge >= 0.3 is 18.0 Å². The predicted octanol–water partition coefficient (Wildman–Crippen LogP) is 6.98. The monoisotopic (exact) mass is 648 g/mol. The predicted molar refractivity (Wildman–Crippen MR) is 178 cm³/mol. The van der Waals surface area contributed by atoms with Crippen LogP contribution in [0.3, 0.4) is 0 Å². The first-order chi connectivity index (χ1) is 22.3. The lowest BCUT2D eigenvalue weighted by Gasteiger charge is -2.49. The maximum absolute atomic E-state index is 13.2. The van der Waals surface area contributed by atoms with Gasteiger partial charge in [-0.1, -0.05) is 44.2 Å². The summed E-state index contributed by atoms with van der Waals surface area (Å²) in [6.07, 6.45) is 8.36. The van der Waals surface area contributed by atoms with E-state index in [-0.39, 0.29) is 38.6 Å². The van der Waals surface area contributed by atoms with E-state index in [1.54, 1.807) is 20.8 Å². The second kappa shape index (κ2) is 14.8. The Balaban J connectivity index is 1.08. The van der Waals surface area contributed by atoms with Gasteiger partial charge in [-0.2, -0.15) is 0 Å². The molecule has 1 aromatic carbocycles. The van der Waals surface area contributed by atoms with Crippen molar-refractivity contribution in [1.82, 2.24) is 9.88 Å². The molecule has 1 saturated carbocycles. The van der Waals surface area contributed by atoms with E-state index in [2.05, 4.69) is 26.0 Å². The number of hydrogen-bond donors (Lipinski definition) is 1. The number of aryl methyl sites for hydroxylation is 3. The summed E-state index contributed by atoms with van der Waals surface area (Å²) in [5.41, 5.74) is 4.08. The number of nitrogens with zero attached hydrogens (tertiary/aromatic N) is 2. The summed E-state index contributed by atoms with van der Waals surface area (Å²) in [5, 5.41) is 9.91. The lowest BCUT2D eigenvalue weighted by molar-refractivity contribution is -0.184. The highest BCUT2D eigenvalue weighted by Gasteiger charge is 2.51. The van der Waals surface area contributed by atoms with Gasteiger partial charge in [0.15, 0.2) is 5.60 Å². The van der Waals surface area contributed by atoms with Crippen molar-refractivity contribution in [3.63, 3.8) is 0 Å². The van der Waals surface area contributed by atoms with E-state index in [9.17, 15) is 19.5 Å². The molecule has 3 aliphatic rings. The zero-order chi connectivity index (χ0) is 33.8. The van der Waals surface area contributed by atoms with Crippen LogP contribution in [0.15, 0.2) is 36.4 Å². The molecule has 1 aliphatic heterocycles. The van der Waals surface area contributed by atoms with Crippen molar-refractivity contribution in [3.8, 4) is 0 Å². The van der Waals surface area contributed by atoms with Gasteiger partial charge in [0.2, 0.25) is 0 Å². The fourth-order valence-corrected chi connectivity index (χ4v) is 6.82. The van der Waals surface area contributed by atoms with Crippen molar-refractivity contribution in [2.45, 2.75) is 122 Å². The molecule has 47 heavy (non-hydrogen) atoms. The Hall–Kier alpha value is -3.46. The topological polar surface area (TPSA) is 115 Å². The number of carboxylic acid groups (broad SMARTS) is 1. The number of carboxylic acids is 1. The summed E-state index contributed by atoms with van der Waals surface area (Å²) in [7, 11) is 0. The Morgan fingerprint density at radius 2 is 1.72 bits per heavy atom. The smallest absolute Gasteiger partial charge is 0.410 e. The average molecular weight is 649 g/mol. The van der Waals surface area contributed by atoms with Gasteiger partial charge in [-0.15, -0.1) is 0 Å². The molecule has 1 saturated heterocycles. The number of aliphatic carboxylic acids is 1. The Morgan fingerprint density at radius 1 is 1.02 bits per heavy atom. The number of carbonyl (C=O) groups excluding carboxylic acids is 2. The van der Waals surface area contributed by atoms with Crippen LogP contribution in [0.1, 0.15) is 114 Å². The minimum atomic E-state index is -1.06. The molecule has 0 spiro atoms. The van der Waals surface area contributed by atoms with Crippen LogP contribution in [0.2, 0.25) is 0 Å². The fourth-order valence-electron chi connectivity index (χ4n) is 6.82. The Morgan fingerprint density at radius 3 is 2.38 bits per heavy atom. The fraction of sp³-hybridized carbons (Fsp3) is 0.632. The van der Waals surface area contributed by atoms with Crippen LogP contribution in [-0.2, 0) is 48.7 Å². The number of amides is 1. The third kappa shape index (κ3) is 9.12. The molecule has 2 heterocycles. The van der Waals surface area contributed by atoms with Crippen molar-refractivity contribution in [2.75, 3.05) is 19.7 Å². The summed E-state index contributed by atoms with van der Waals surface area (Å²) < 4.78 is 17.6. The van der Waals surface area contributed by atoms with Crippen molar-refractivity contribution in [1.29, 1.82) is 0 Å². The number of carbonyl (C=O) groups is 3. The highest BCUT2D eigenvalue weighted by atomic mass is 16.6. The van der Waals surface area contributed by atoms with Crippen molar-refractivity contribution in [3.05, 3.63) is 64.5 Å². The van der Waals surface area contributed by atoms with Crippen LogP contribution >= 0.6 is 0 Å². The Kier molecular flexibility index (Phi) is 10.9. The van der Waals surface area contributed by atoms with Gasteiger partial charge in [-0.3, -0.25) is 19.5 Å². The van der Waals surface area contributed by atoms with Gasteiger partial charge in [0, 0.05) is 18.0 Å². The third-order valence-electron chi connectivity index (χ3n) is 9.78. The molecule has 1 unspecified atom stereocenters. The number of esters is 1. The first-order valence-electron chi connectivity index (χ1n) is 17.4. The number of hydrogen-bond acceptors (Lipinski definition) is 7. The Labute approximate surface area is 279 Å². The van der Waals surface area contributed by atoms with Gasteiger partial charge < -0.3 is 19.3 Å². The molecule has 0 radical (unpaired) electrons. The molecule has 2 aliphatic carbocycles. The van der Waals surface area contributed by atoms with E-state index in [1.165, 1.54) is 34.7 Å². The molecule has 1 N–H and O–H groups in total. The number of fused-ring (bicyclic) bond motifs is 1. The van der Waals surface area contributed by atoms with E-state index < -0.39 is 35.2 Å². The van der Waals surface area contributed by atoms with Gasteiger partial charge in [0.1, 0.15) is 5.60 Å². The molecule has 256 valence electrons. The molecule has 1 atom stereocenters. The molecule has 0 bridgehead atoms. The van der Waals surface area contributed by atoms with Crippen LogP contribution in [0.5, 0.6) is 0 Å². The van der Waals surface area contributed by atoms with Gasteiger partial charge in [0.25, 0.3) is 0 Å².